The molecule has 4 rings (SSSR count). The van der Waals surface area contributed by atoms with E-state index in [4.69, 9.17) is 24.4 Å². The highest BCUT2D eigenvalue weighted by molar-refractivity contribution is 7.99. The Bertz CT molecular complexity index is 565. The first-order valence-corrected chi connectivity index (χ1v) is 8.57. The van der Waals surface area contributed by atoms with E-state index >= 15 is 0 Å². The Kier molecular flexibility index (Phi) is 5.98. The summed E-state index contributed by atoms with van der Waals surface area (Å²) in [7, 11) is 0. The molecule has 24 heavy (non-hydrogen) atoms. The van der Waals surface area contributed by atoms with Gasteiger partial charge in [0, 0.05) is 9.79 Å². The predicted octanol–water partition coefficient (Wildman–Crippen LogP) is 3.05. The zero-order valence-corrected chi connectivity index (χ0v) is 13.9. The van der Waals surface area contributed by atoms with Crippen LogP contribution in [0.1, 0.15) is 0 Å². The Hall–Kier alpha value is -1.73. The minimum Gasteiger partial charge on any atom is -0.508 e. The molecule has 2 aromatic rings. The lowest BCUT2D eigenvalue weighted by molar-refractivity contribution is 0.102. The molecule has 0 aromatic heterocycles. The first-order valence-electron chi connectivity index (χ1n) is 7.76. The molecule has 128 valence electrons. The van der Waals surface area contributed by atoms with Crippen LogP contribution in [0.3, 0.4) is 0 Å². The lowest BCUT2D eigenvalue weighted by atomic mass is 10.3. The van der Waals surface area contributed by atoms with Gasteiger partial charge in [0.15, 0.2) is 0 Å². The zero-order valence-electron chi connectivity index (χ0n) is 13.1. The van der Waals surface area contributed by atoms with Crippen molar-refractivity contribution in [3.05, 3.63) is 48.5 Å². The van der Waals surface area contributed by atoms with Crippen molar-refractivity contribution >= 4 is 11.8 Å². The van der Waals surface area contributed by atoms with E-state index in [1.807, 2.05) is 24.3 Å². The molecule has 0 bridgehead atoms. The maximum Gasteiger partial charge on any atom is 0.115 e. The molecule has 2 aromatic carbocycles. The van der Waals surface area contributed by atoms with E-state index in [0.29, 0.717) is 12.2 Å². The second-order valence-electron chi connectivity index (χ2n) is 5.54. The lowest BCUT2D eigenvalue weighted by Gasteiger charge is -2.01. The summed E-state index contributed by atoms with van der Waals surface area (Å²) in [6.07, 6.45) is 0.785. The van der Waals surface area contributed by atoms with Gasteiger partial charge in [-0.2, -0.15) is 0 Å². The second-order valence-corrected chi connectivity index (χ2v) is 6.68. The van der Waals surface area contributed by atoms with E-state index in [1.54, 1.807) is 36.0 Å². The molecule has 2 saturated heterocycles. The number of epoxide rings is 2. The smallest absolute Gasteiger partial charge is 0.115 e. The van der Waals surface area contributed by atoms with E-state index in [-0.39, 0.29) is 11.5 Å². The maximum absolute atomic E-state index is 9.12. The highest BCUT2D eigenvalue weighted by Gasteiger charge is 2.26. The van der Waals surface area contributed by atoms with Crippen molar-refractivity contribution < 1.29 is 24.4 Å². The van der Waals surface area contributed by atoms with Crippen LogP contribution in [0.2, 0.25) is 0 Å². The van der Waals surface area contributed by atoms with Gasteiger partial charge < -0.3 is 24.4 Å². The molecule has 0 radical (unpaired) electrons. The molecule has 2 unspecified atom stereocenters. The number of phenolic OH excluding ortho intramolecular Hbond substituents is 2. The third kappa shape index (κ3) is 6.41. The monoisotopic (exact) mass is 348 g/mol. The van der Waals surface area contributed by atoms with Gasteiger partial charge in [0.1, 0.15) is 23.7 Å². The molecular weight excluding hydrogens is 328 g/mol. The fourth-order valence-corrected chi connectivity index (χ4v) is 2.64. The van der Waals surface area contributed by atoms with Crippen molar-refractivity contribution in [1.82, 2.24) is 0 Å². The number of rotatable bonds is 6. The number of benzene rings is 2. The average molecular weight is 348 g/mol. The Morgan fingerprint density at radius 3 is 1.50 bits per heavy atom. The fourth-order valence-electron chi connectivity index (χ4n) is 1.82. The standard InChI is InChI=1S/C12H10O2S.C6H10O3/c13-9-1-5-11(6-2-9)15-12-7-3-10(14)4-8-12;1(5-3-8-5)7-2-6-4-9-6/h1-8,13-14H;5-6H,1-4H2. The normalized spacial score (nSPS) is 20.8. The third-order valence-electron chi connectivity index (χ3n) is 3.32. The van der Waals surface area contributed by atoms with Crippen LogP contribution in [-0.2, 0) is 14.2 Å². The number of ether oxygens (including phenoxy) is 3. The zero-order chi connectivity index (χ0) is 16.8. The summed E-state index contributed by atoms with van der Waals surface area (Å²) in [5.74, 6) is 0.537. The molecule has 2 N–H and O–H groups in total. The molecule has 2 fully saturated rings. The molecule has 2 atom stereocenters. The molecule has 0 aliphatic carbocycles. The summed E-state index contributed by atoms with van der Waals surface area (Å²) >= 11 is 1.58. The van der Waals surface area contributed by atoms with Gasteiger partial charge in [-0.05, 0) is 48.5 Å². The van der Waals surface area contributed by atoms with Crippen LogP contribution in [0, 0.1) is 0 Å². The fraction of sp³-hybridized carbons (Fsp3) is 0.333. The summed E-state index contributed by atoms with van der Waals surface area (Å²) in [5.41, 5.74) is 0. The van der Waals surface area contributed by atoms with Crippen LogP contribution in [0.15, 0.2) is 58.3 Å². The summed E-state index contributed by atoms with van der Waals surface area (Å²) in [6.45, 7) is 3.26. The van der Waals surface area contributed by atoms with Crippen molar-refractivity contribution in [3.63, 3.8) is 0 Å². The van der Waals surface area contributed by atoms with Gasteiger partial charge in [-0.25, -0.2) is 0 Å². The molecule has 2 heterocycles. The maximum atomic E-state index is 9.12. The predicted molar refractivity (Wildman–Crippen MR) is 90.6 cm³/mol. The topological polar surface area (TPSA) is 74.8 Å². The van der Waals surface area contributed by atoms with Crippen LogP contribution in [0.25, 0.3) is 0 Å². The van der Waals surface area contributed by atoms with Crippen LogP contribution >= 0.6 is 11.8 Å². The van der Waals surface area contributed by atoms with Gasteiger partial charge in [-0.15, -0.1) is 0 Å². The minimum atomic E-state index is 0.269. The molecule has 0 saturated carbocycles. The quantitative estimate of drug-likeness (QED) is 0.782. The van der Waals surface area contributed by atoms with E-state index < -0.39 is 0 Å². The van der Waals surface area contributed by atoms with Crippen LogP contribution in [-0.4, -0.2) is 48.8 Å². The van der Waals surface area contributed by atoms with Crippen LogP contribution in [0.4, 0.5) is 0 Å². The number of aromatic hydroxyl groups is 2. The first kappa shape index (κ1) is 17.1. The number of hydrogen-bond donors (Lipinski definition) is 2. The van der Waals surface area contributed by atoms with E-state index in [2.05, 4.69) is 0 Å². The average Bonchev–Trinajstić information content (AvgIpc) is 3.48. The molecular formula is C18H20O5S. The van der Waals surface area contributed by atoms with Gasteiger partial charge in [0.25, 0.3) is 0 Å². The van der Waals surface area contributed by atoms with Gasteiger partial charge >= 0.3 is 0 Å². The lowest BCUT2D eigenvalue weighted by Crippen LogP contribution is -2.06. The van der Waals surface area contributed by atoms with Crippen molar-refractivity contribution in [2.24, 2.45) is 0 Å². The summed E-state index contributed by atoms with van der Waals surface area (Å²) in [5, 5.41) is 18.2. The van der Waals surface area contributed by atoms with Crippen molar-refractivity contribution in [1.29, 1.82) is 0 Å². The molecule has 5 nitrogen and oxygen atoms in total. The van der Waals surface area contributed by atoms with Crippen molar-refractivity contribution in [2.75, 3.05) is 26.4 Å². The minimum absolute atomic E-state index is 0.269. The van der Waals surface area contributed by atoms with Gasteiger partial charge in [-0.3, -0.25) is 0 Å². The first-order chi connectivity index (χ1) is 11.7. The number of hydrogen-bond acceptors (Lipinski definition) is 6. The molecule has 2 aliphatic heterocycles. The van der Waals surface area contributed by atoms with E-state index in [9.17, 15) is 0 Å². The Labute approximate surface area is 145 Å². The highest BCUT2D eigenvalue weighted by Crippen LogP contribution is 2.29. The second kappa shape index (κ2) is 8.39. The molecule has 2 aliphatic rings. The Balaban J connectivity index is 0.000000159. The van der Waals surface area contributed by atoms with Gasteiger partial charge in [-0.1, -0.05) is 11.8 Å². The third-order valence-corrected chi connectivity index (χ3v) is 4.34. The molecule has 6 heteroatoms. The molecule has 0 spiro atoms. The van der Waals surface area contributed by atoms with Crippen molar-refractivity contribution in [2.45, 2.75) is 22.0 Å². The largest absolute Gasteiger partial charge is 0.508 e. The SMILES string of the molecule is C(OCC1CO1)C1CO1.Oc1ccc(Sc2ccc(O)cc2)cc1. The summed E-state index contributed by atoms with van der Waals surface area (Å²) in [6, 6.07) is 14.0. The summed E-state index contributed by atoms with van der Waals surface area (Å²) < 4.78 is 15.1. The van der Waals surface area contributed by atoms with Gasteiger partial charge in [0.2, 0.25) is 0 Å². The summed E-state index contributed by atoms with van der Waals surface area (Å²) in [4.78, 5) is 2.11. The highest BCUT2D eigenvalue weighted by atomic mass is 32.2. The molecule has 0 amide bonds. The number of phenols is 2. The Morgan fingerprint density at radius 1 is 0.792 bits per heavy atom. The Morgan fingerprint density at radius 2 is 1.17 bits per heavy atom. The van der Waals surface area contributed by atoms with E-state index in [0.717, 1.165) is 36.2 Å². The van der Waals surface area contributed by atoms with Crippen molar-refractivity contribution in [3.8, 4) is 11.5 Å². The van der Waals surface area contributed by atoms with Crippen LogP contribution in [0.5, 0.6) is 11.5 Å². The van der Waals surface area contributed by atoms with Gasteiger partial charge in [0.05, 0.1) is 26.4 Å². The van der Waals surface area contributed by atoms with E-state index in [1.165, 1.54) is 0 Å². The van der Waals surface area contributed by atoms with Crippen LogP contribution < -0.4 is 0 Å².